The third-order valence-electron chi connectivity index (χ3n) is 3.56. The summed E-state index contributed by atoms with van der Waals surface area (Å²) in [5.41, 5.74) is 2.16. The molecule has 0 aliphatic heterocycles. The molecule has 16 heavy (non-hydrogen) atoms. The van der Waals surface area contributed by atoms with E-state index in [1.54, 1.807) is 0 Å². The van der Waals surface area contributed by atoms with Gasteiger partial charge in [0.1, 0.15) is 5.75 Å². The molecule has 0 amide bonds. The summed E-state index contributed by atoms with van der Waals surface area (Å²) in [4.78, 5) is 0. The normalized spacial score (nSPS) is 17.2. The summed E-state index contributed by atoms with van der Waals surface area (Å²) in [6.07, 6.45) is 9.01. The van der Waals surface area contributed by atoms with Crippen LogP contribution < -0.4 is 0 Å². The SMILES string of the molecule is C=CCc1cccc(C2CCCCC2)c1O. The van der Waals surface area contributed by atoms with Crippen LogP contribution in [0, 0.1) is 0 Å². The van der Waals surface area contributed by atoms with Gasteiger partial charge in [0.15, 0.2) is 0 Å². The molecule has 1 aliphatic carbocycles. The van der Waals surface area contributed by atoms with Crippen LogP contribution in [0.4, 0.5) is 0 Å². The van der Waals surface area contributed by atoms with Crippen LogP contribution in [-0.2, 0) is 6.42 Å². The van der Waals surface area contributed by atoms with Crippen LogP contribution in [-0.4, -0.2) is 5.11 Å². The van der Waals surface area contributed by atoms with Gasteiger partial charge in [-0.05, 0) is 36.3 Å². The molecule has 2 rings (SSSR count). The molecule has 1 aliphatic rings. The van der Waals surface area contributed by atoms with Crippen molar-refractivity contribution in [1.29, 1.82) is 0 Å². The Labute approximate surface area is 97.8 Å². The van der Waals surface area contributed by atoms with Crippen molar-refractivity contribution in [3.63, 3.8) is 0 Å². The lowest BCUT2D eigenvalue weighted by Gasteiger charge is -2.23. The van der Waals surface area contributed by atoms with Crippen LogP contribution in [0.15, 0.2) is 30.9 Å². The molecule has 0 bridgehead atoms. The van der Waals surface area contributed by atoms with Gasteiger partial charge in [-0.15, -0.1) is 6.58 Å². The molecule has 0 heterocycles. The van der Waals surface area contributed by atoms with Gasteiger partial charge in [-0.3, -0.25) is 0 Å². The molecule has 0 spiro atoms. The molecule has 1 heteroatoms. The Morgan fingerprint density at radius 1 is 1.25 bits per heavy atom. The number of para-hydroxylation sites is 1. The fraction of sp³-hybridized carbons (Fsp3) is 0.467. The van der Waals surface area contributed by atoms with E-state index in [1.165, 1.54) is 32.1 Å². The van der Waals surface area contributed by atoms with Gasteiger partial charge < -0.3 is 5.11 Å². The zero-order valence-corrected chi connectivity index (χ0v) is 9.78. The van der Waals surface area contributed by atoms with Gasteiger partial charge >= 0.3 is 0 Å². The first kappa shape index (κ1) is 11.3. The fourth-order valence-corrected chi connectivity index (χ4v) is 2.67. The van der Waals surface area contributed by atoms with Crippen molar-refractivity contribution < 1.29 is 5.11 Å². The number of rotatable bonds is 3. The minimum absolute atomic E-state index is 0.509. The fourth-order valence-electron chi connectivity index (χ4n) is 2.67. The lowest BCUT2D eigenvalue weighted by atomic mass is 9.83. The quantitative estimate of drug-likeness (QED) is 0.752. The average molecular weight is 216 g/mol. The number of phenols is 1. The summed E-state index contributed by atoms with van der Waals surface area (Å²) in [5.74, 6) is 1.08. The number of allylic oxidation sites excluding steroid dienone is 1. The van der Waals surface area contributed by atoms with E-state index in [4.69, 9.17) is 0 Å². The van der Waals surface area contributed by atoms with Crippen molar-refractivity contribution in [3.05, 3.63) is 42.0 Å². The number of hydrogen-bond acceptors (Lipinski definition) is 1. The first-order chi connectivity index (χ1) is 7.83. The third kappa shape index (κ3) is 2.29. The molecular formula is C15H20O. The molecule has 0 unspecified atom stereocenters. The monoisotopic (exact) mass is 216 g/mol. The zero-order chi connectivity index (χ0) is 11.4. The highest BCUT2D eigenvalue weighted by molar-refractivity contribution is 5.43. The van der Waals surface area contributed by atoms with E-state index in [0.29, 0.717) is 11.7 Å². The summed E-state index contributed by atoms with van der Waals surface area (Å²) in [7, 11) is 0. The van der Waals surface area contributed by atoms with Crippen LogP contribution in [0.2, 0.25) is 0 Å². The molecule has 1 N–H and O–H groups in total. The Morgan fingerprint density at radius 2 is 2.00 bits per heavy atom. The van der Waals surface area contributed by atoms with Gasteiger partial charge in [-0.1, -0.05) is 43.5 Å². The zero-order valence-electron chi connectivity index (χ0n) is 9.78. The van der Waals surface area contributed by atoms with Crippen molar-refractivity contribution >= 4 is 0 Å². The summed E-state index contributed by atoms with van der Waals surface area (Å²) in [6.45, 7) is 3.73. The smallest absolute Gasteiger partial charge is 0.122 e. The molecule has 0 atom stereocenters. The number of hydrogen-bond donors (Lipinski definition) is 1. The van der Waals surface area contributed by atoms with Crippen molar-refractivity contribution in [2.24, 2.45) is 0 Å². The van der Waals surface area contributed by atoms with E-state index in [9.17, 15) is 5.11 Å². The van der Waals surface area contributed by atoms with Gasteiger partial charge in [0.2, 0.25) is 0 Å². The maximum Gasteiger partial charge on any atom is 0.122 e. The van der Waals surface area contributed by atoms with E-state index in [2.05, 4.69) is 18.7 Å². The number of phenolic OH excluding ortho intramolecular Hbond substituents is 1. The Balaban J connectivity index is 2.25. The highest BCUT2D eigenvalue weighted by atomic mass is 16.3. The Hall–Kier alpha value is -1.24. The second-order valence-electron chi connectivity index (χ2n) is 4.68. The number of benzene rings is 1. The molecule has 0 aromatic heterocycles. The first-order valence-corrected chi connectivity index (χ1v) is 6.24. The summed E-state index contributed by atoms with van der Waals surface area (Å²) >= 11 is 0. The highest BCUT2D eigenvalue weighted by Crippen LogP contribution is 2.38. The van der Waals surface area contributed by atoms with Gasteiger partial charge in [0, 0.05) is 0 Å². The van der Waals surface area contributed by atoms with Crippen LogP contribution in [0.25, 0.3) is 0 Å². The molecule has 1 saturated carbocycles. The topological polar surface area (TPSA) is 20.2 Å². The first-order valence-electron chi connectivity index (χ1n) is 6.24. The second kappa shape index (κ2) is 5.20. The van der Waals surface area contributed by atoms with Crippen LogP contribution in [0.5, 0.6) is 5.75 Å². The van der Waals surface area contributed by atoms with E-state index < -0.39 is 0 Å². The largest absolute Gasteiger partial charge is 0.507 e. The molecule has 86 valence electrons. The van der Waals surface area contributed by atoms with Crippen LogP contribution in [0.3, 0.4) is 0 Å². The van der Waals surface area contributed by atoms with E-state index in [-0.39, 0.29) is 0 Å². The molecule has 1 fully saturated rings. The minimum Gasteiger partial charge on any atom is -0.507 e. The van der Waals surface area contributed by atoms with Gasteiger partial charge in [0.25, 0.3) is 0 Å². The lowest BCUT2D eigenvalue weighted by molar-refractivity contribution is 0.412. The van der Waals surface area contributed by atoms with Crippen molar-refractivity contribution in [3.8, 4) is 5.75 Å². The number of aromatic hydroxyl groups is 1. The lowest BCUT2D eigenvalue weighted by Crippen LogP contribution is -2.05. The van der Waals surface area contributed by atoms with Crippen molar-refractivity contribution in [2.45, 2.75) is 44.4 Å². The van der Waals surface area contributed by atoms with E-state index in [0.717, 1.165) is 17.5 Å². The van der Waals surface area contributed by atoms with Crippen molar-refractivity contribution in [1.82, 2.24) is 0 Å². The van der Waals surface area contributed by atoms with Gasteiger partial charge in [-0.25, -0.2) is 0 Å². The standard InChI is InChI=1S/C15H20O/c1-2-7-13-10-6-11-14(15(13)16)12-8-4-3-5-9-12/h2,6,10-12,16H,1,3-5,7-9H2. The average Bonchev–Trinajstić information content (AvgIpc) is 2.33. The maximum absolute atomic E-state index is 10.2. The van der Waals surface area contributed by atoms with E-state index in [1.807, 2.05) is 12.1 Å². The molecule has 1 aromatic carbocycles. The summed E-state index contributed by atoms with van der Waals surface area (Å²) < 4.78 is 0. The second-order valence-corrected chi connectivity index (χ2v) is 4.68. The van der Waals surface area contributed by atoms with Gasteiger partial charge in [-0.2, -0.15) is 0 Å². The molecule has 1 aromatic rings. The summed E-state index contributed by atoms with van der Waals surface area (Å²) in [5, 5.41) is 10.2. The van der Waals surface area contributed by atoms with Gasteiger partial charge in [0.05, 0.1) is 0 Å². The minimum atomic E-state index is 0.509. The predicted octanol–water partition coefficient (Wildman–Crippen LogP) is 4.17. The Morgan fingerprint density at radius 3 is 2.69 bits per heavy atom. The molecule has 0 saturated heterocycles. The van der Waals surface area contributed by atoms with Crippen molar-refractivity contribution in [2.75, 3.05) is 0 Å². The Kier molecular flexibility index (Phi) is 3.66. The highest BCUT2D eigenvalue weighted by Gasteiger charge is 2.19. The van der Waals surface area contributed by atoms with Crippen LogP contribution in [0.1, 0.15) is 49.1 Å². The van der Waals surface area contributed by atoms with Crippen LogP contribution >= 0.6 is 0 Å². The Bertz CT molecular complexity index is 362. The third-order valence-corrected chi connectivity index (χ3v) is 3.56. The predicted molar refractivity (Wildman–Crippen MR) is 67.8 cm³/mol. The molecular weight excluding hydrogens is 196 g/mol. The summed E-state index contributed by atoms with van der Waals surface area (Å²) in [6, 6.07) is 6.13. The maximum atomic E-state index is 10.2. The molecule has 1 nitrogen and oxygen atoms in total. The van der Waals surface area contributed by atoms with E-state index >= 15 is 0 Å². The molecule has 0 radical (unpaired) electrons.